The van der Waals surface area contributed by atoms with Gasteiger partial charge in [0.15, 0.2) is 0 Å². The highest BCUT2D eigenvalue weighted by molar-refractivity contribution is 6.35. The van der Waals surface area contributed by atoms with E-state index in [2.05, 4.69) is 10.2 Å². The van der Waals surface area contributed by atoms with Gasteiger partial charge in [0, 0.05) is 11.1 Å². The van der Waals surface area contributed by atoms with Gasteiger partial charge >= 0.3 is 11.8 Å². The number of nitrogens with zero attached hydrogens (tertiary/aromatic N) is 2. The van der Waals surface area contributed by atoms with E-state index >= 15 is 0 Å². The second-order valence-electron chi connectivity index (χ2n) is 4.52. The molecule has 0 fully saturated rings. The van der Waals surface area contributed by atoms with Gasteiger partial charge in [0.2, 0.25) is 0 Å². The van der Waals surface area contributed by atoms with E-state index in [0.29, 0.717) is 11.1 Å². The molecule has 2 amide bonds. The molecule has 0 heterocycles. The molecular weight excluding hydrogens is 312 g/mol. The molecule has 0 aliphatic rings. The van der Waals surface area contributed by atoms with Crippen molar-refractivity contribution in [2.24, 2.45) is 10.2 Å². The Hall–Kier alpha value is -3.68. The molecular formula is C16H14N4O4. The quantitative estimate of drug-likeness (QED) is 0.375. The normalized spacial score (nSPS) is 10.8. The standard InChI is InChI=1S/C16H14N4O4/c21-13-7-3-1-5-11(13)9-17-19-15(23)16(24)20-18-10-12-6-2-4-8-14(12)22/h1-10,21-22H,(H,19,23)(H,20,24)/b17-9-,18-10-. The molecule has 0 spiro atoms. The zero-order valence-electron chi connectivity index (χ0n) is 12.4. The fraction of sp³-hybridized carbons (Fsp3) is 0. The van der Waals surface area contributed by atoms with Crippen molar-refractivity contribution >= 4 is 24.2 Å². The van der Waals surface area contributed by atoms with Crippen molar-refractivity contribution in [2.45, 2.75) is 0 Å². The van der Waals surface area contributed by atoms with E-state index in [4.69, 9.17) is 0 Å². The van der Waals surface area contributed by atoms with Gasteiger partial charge in [-0.3, -0.25) is 9.59 Å². The number of benzene rings is 2. The van der Waals surface area contributed by atoms with Crippen LogP contribution in [0.25, 0.3) is 0 Å². The Morgan fingerprint density at radius 3 is 1.50 bits per heavy atom. The van der Waals surface area contributed by atoms with Crippen LogP contribution in [-0.4, -0.2) is 34.5 Å². The summed E-state index contributed by atoms with van der Waals surface area (Å²) in [6.07, 6.45) is 2.40. The Morgan fingerprint density at radius 2 is 1.12 bits per heavy atom. The molecule has 24 heavy (non-hydrogen) atoms. The molecule has 0 aromatic heterocycles. The molecule has 2 aromatic carbocycles. The molecule has 0 radical (unpaired) electrons. The lowest BCUT2D eigenvalue weighted by Crippen LogP contribution is -2.35. The minimum Gasteiger partial charge on any atom is -0.507 e. The summed E-state index contributed by atoms with van der Waals surface area (Å²) in [5.74, 6) is -2.08. The number of carbonyl (C=O) groups is 2. The molecule has 4 N–H and O–H groups in total. The minimum absolute atomic E-state index is 0.00720. The molecule has 0 unspecified atom stereocenters. The number of para-hydroxylation sites is 2. The molecule has 8 nitrogen and oxygen atoms in total. The van der Waals surface area contributed by atoms with Gasteiger partial charge in [-0.05, 0) is 24.3 Å². The van der Waals surface area contributed by atoms with Gasteiger partial charge in [-0.15, -0.1) is 0 Å². The fourth-order valence-electron chi connectivity index (χ4n) is 1.62. The third-order valence-electron chi connectivity index (χ3n) is 2.82. The first kappa shape index (κ1) is 16.7. The maximum atomic E-state index is 11.5. The Bertz CT molecular complexity index is 735. The molecule has 2 aromatic rings. The van der Waals surface area contributed by atoms with Crippen molar-refractivity contribution in [2.75, 3.05) is 0 Å². The first-order valence-corrected chi connectivity index (χ1v) is 6.80. The third kappa shape index (κ3) is 4.67. The van der Waals surface area contributed by atoms with Gasteiger partial charge in [-0.1, -0.05) is 24.3 Å². The molecule has 0 bridgehead atoms. The molecule has 8 heteroatoms. The summed E-state index contributed by atoms with van der Waals surface area (Å²) >= 11 is 0. The first-order valence-electron chi connectivity index (χ1n) is 6.80. The topological polar surface area (TPSA) is 123 Å². The van der Waals surface area contributed by atoms with Crippen LogP contribution in [0.15, 0.2) is 58.7 Å². The van der Waals surface area contributed by atoms with Gasteiger partial charge in [0.05, 0.1) is 12.4 Å². The predicted molar refractivity (Wildman–Crippen MR) is 87.7 cm³/mol. The highest BCUT2D eigenvalue weighted by Crippen LogP contribution is 2.13. The zero-order chi connectivity index (χ0) is 17.4. The summed E-state index contributed by atoms with van der Waals surface area (Å²) in [5, 5.41) is 26.2. The summed E-state index contributed by atoms with van der Waals surface area (Å²) in [5.41, 5.74) is 4.77. The summed E-state index contributed by atoms with van der Waals surface area (Å²) in [4.78, 5) is 23.0. The van der Waals surface area contributed by atoms with E-state index in [9.17, 15) is 19.8 Å². The van der Waals surface area contributed by atoms with Gasteiger partial charge in [-0.2, -0.15) is 10.2 Å². The SMILES string of the molecule is O=C(N/N=C\c1ccccc1O)C(=O)N/N=C\c1ccccc1O. The molecule has 0 atom stereocenters. The van der Waals surface area contributed by atoms with Crippen molar-refractivity contribution in [3.63, 3.8) is 0 Å². The monoisotopic (exact) mass is 326 g/mol. The highest BCUT2D eigenvalue weighted by Gasteiger charge is 2.11. The number of phenols is 2. The summed E-state index contributed by atoms with van der Waals surface area (Å²) in [6, 6.07) is 12.7. The number of carbonyl (C=O) groups excluding carboxylic acids is 2. The zero-order valence-corrected chi connectivity index (χ0v) is 12.4. The van der Waals surface area contributed by atoms with Crippen molar-refractivity contribution in [3.8, 4) is 11.5 Å². The van der Waals surface area contributed by atoms with E-state index in [-0.39, 0.29) is 11.5 Å². The lowest BCUT2D eigenvalue weighted by molar-refractivity contribution is -0.139. The van der Waals surface area contributed by atoms with E-state index in [1.807, 2.05) is 10.9 Å². The Balaban J connectivity index is 1.85. The van der Waals surface area contributed by atoms with Crippen molar-refractivity contribution in [3.05, 3.63) is 59.7 Å². The Kier molecular flexibility index (Phi) is 5.62. The average Bonchev–Trinajstić information content (AvgIpc) is 2.58. The first-order chi connectivity index (χ1) is 11.6. The number of nitrogens with one attached hydrogen (secondary N) is 2. The van der Waals surface area contributed by atoms with Crippen molar-refractivity contribution < 1.29 is 19.8 Å². The maximum absolute atomic E-state index is 11.5. The average molecular weight is 326 g/mol. The summed E-state index contributed by atoms with van der Waals surface area (Å²) in [7, 11) is 0. The van der Waals surface area contributed by atoms with E-state index < -0.39 is 11.8 Å². The van der Waals surface area contributed by atoms with Crippen molar-refractivity contribution in [1.29, 1.82) is 0 Å². The van der Waals surface area contributed by atoms with E-state index in [1.165, 1.54) is 24.6 Å². The smallest absolute Gasteiger partial charge is 0.331 e. The van der Waals surface area contributed by atoms with Crippen LogP contribution in [0.3, 0.4) is 0 Å². The summed E-state index contributed by atoms with van der Waals surface area (Å²) in [6.45, 7) is 0. The minimum atomic E-state index is -1.03. The highest BCUT2D eigenvalue weighted by atomic mass is 16.3. The molecule has 2 rings (SSSR count). The van der Waals surface area contributed by atoms with Crippen LogP contribution < -0.4 is 10.9 Å². The number of rotatable bonds is 4. The lowest BCUT2D eigenvalue weighted by Gasteiger charge is -2.00. The molecule has 0 aliphatic heterocycles. The van der Waals surface area contributed by atoms with E-state index in [0.717, 1.165) is 0 Å². The number of hydrogen-bond acceptors (Lipinski definition) is 6. The van der Waals surface area contributed by atoms with Crippen LogP contribution in [0, 0.1) is 0 Å². The van der Waals surface area contributed by atoms with Gasteiger partial charge in [0.25, 0.3) is 0 Å². The third-order valence-corrected chi connectivity index (χ3v) is 2.82. The van der Waals surface area contributed by atoms with Gasteiger partial charge in [-0.25, -0.2) is 10.9 Å². The molecule has 122 valence electrons. The number of hydrogen-bond donors (Lipinski definition) is 4. The van der Waals surface area contributed by atoms with Crippen LogP contribution in [0.1, 0.15) is 11.1 Å². The largest absolute Gasteiger partial charge is 0.507 e. The Morgan fingerprint density at radius 1 is 0.750 bits per heavy atom. The van der Waals surface area contributed by atoms with Gasteiger partial charge in [0.1, 0.15) is 11.5 Å². The van der Waals surface area contributed by atoms with Crippen molar-refractivity contribution in [1.82, 2.24) is 10.9 Å². The van der Waals surface area contributed by atoms with Crippen LogP contribution in [-0.2, 0) is 9.59 Å². The van der Waals surface area contributed by atoms with Crippen LogP contribution in [0.4, 0.5) is 0 Å². The molecule has 0 aliphatic carbocycles. The predicted octanol–water partition coefficient (Wildman–Crippen LogP) is 0.698. The van der Waals surface area contributed by atoms with Crippen LogP contribution >= 0.6 is 0 Å². The Labute approximate surface area is 137 Å². The maximum Gasteiger partial charge on any atom is 0.331 e. The second kappa shape index (κ2) is 8.08. The molecule has 0 saturated heterocycles. The summed E-state index contributed by atoms with van der Waals surface area (Å²) < 4.78 is 0. The molecule has 0 saturated carbocycles. The lowest BCUT2D eigenvalue weighted by atomic mass is 10.2. The van der Waals surface area contributed by atoms with Crippen LogP contribution in [0.2, 0.25) is 0 Å². The van der Waals surface area contributed by atoms with E-state index in [1.54, 1.807) is 36.4 Å². The number of amides is 2. The van der Waals surface area contributed by atoms with Crippen LogP contribution in [0.5, 0.6) is 11.5 Å². The van der Waals surface area contributed by atoms with Gasteiger partial charge < -0.3 is 10.2 Å². The number of aromatic hydroxyl groups is 2. The number of hydrazone groups is 2. The second-order valence-corrected chi connectivity index (χ2v) is 4.52. The fourth-order valence-corrected chi connectivity index (χ4v) is 1.62. The number of phenolic OH excluding ortho intramolecular Hbond substituents is 2.